The Kier molecular flexibility index (Phi) is 7.77. The second-order valence-electron chi connectivity index (χ2n) is 6.89. The third kappa shape index (κ3) is 7.29. The number of nitrogens with one attached hydrogen (secondary N) is 2. The van der Waals surface area contributed by atoms with Crippen LogP contribution < -0.4 is 15.4 Å². The van der Waals surface area contributed by atoms with Crippen LogP contribution in [0.2, 0.25) is 0 Å². The van der Waals surface area contributed by atoms with Crippen molar-refractivity contribution in [1.29, 1.82) is 0 Å². The van der Waals surface area contributed by atoms with Gasteiger partial charge in [-0.1, -0.05) is 26.0 Å². The van der Waals surface area contributed by atoms with Gasteiger partial charge in [0.05, 0.1) is 0 Å². The quantitative estimate of drug-likeness (QED) is 0.661. The second-order valence-corrected chi connectivity index (χ2v) is 6.89. The molecule has 0 aliphatic heterocycles. The third-order valence-corrected chi connectivity index (χ3v) is 4.05. The second kappa shape index (κ2) is 10.3. The first kappa shape index (κ1) is 21.9. The van der Waals surface area contributed by atoms with Crippen LogP contribution in [0.3, 0.4) is 0 Å². The summed E-state index contributed by atoms with van der Waals surface area (Å²) in [6.07, 6.45) is -0.982. The van der Waals surface area contributed by atoms with Gasteiger partial charge in [0.2, 0.25) is 5.91 Å². The molecule has 2 amide bonds. The van der Waals surface area contributed by atoms with Crippen molar-refractivity contribution in [1.82, 2.24) is 0 Å². The standard InChI is InChI=1S/C22H26N2O5/c1-14(2)17-5-11-20(12-6-17)28-13-21(26)29-15(3)22(27)24-19-9-7-18(8-10-19)23-16(4)25/h5-12,14-15H,13H2,1-4H3,(H,23,25)(H,24,27)/t15-/m0/s1. The molecule has 1 atom stereocenters. The van der Waals surface area contributed by atoms with Gasteiger partial charge >= 0.3 is 5.97 Å². The van der Waals surface area contributed by atoms with Crippen molar-refractivity contribution in [2.75, 3.05) is 17.2 Å². The SMILES string of the molecule is CC(=O)Nc1ccc(NC(=O)[C@H](C)OC(=O)COc2ccc(C(C)C)cc2)cc1. The lowest BCUT2D eigenvalue weighted by Gasteiger charge is -2.14. The maximum Gasteiger partial charge on any atom is 0.344 e. The number of anilines is 2. The first-order valence-corrected chi connectivity index (χ1v) is 9.35. The van der Waals surface area contributed by atoms with Crippen LogP contribution in [-0.4, -0.2) is 30.5 Å². The summed E-state index contributed by atoms with van der Waals surface area (Å²) in [5, 5.41) is 5.28. The van der Waals surface area contributed by atoms with E-state index < -0.39 is 18.0 Å². The fraction of sp³-hybridized carbons (Fsp3) is 0.318. The van der Waals surface area contributed by atoms with Gasteiger partial charge < -0.3 is 20.1 Å². The molecule has 0 saturated carbocycles. The summed E-state index contributed by atoms with van der Waals surface area (Å²) in [6, 6.07) is 14.1. The normalized spacial score (nSPS) is 11.5. The van der Waals surface area contributed by atoms with E-state index in [0.29, 0.717) is 23.0 Å². The monoisotopic (exact) mass is 398 g/mol. The van der Waals surface area contributed by atoms with Crippen LogP contribution in [-0.2, 0) is 19.1 Å². The highest BCUT2D eigenvalue weighted by Crippen LogP contribution is 2.18. The predicted molar refractivity (Wildman–Crippen MR) is 111 cm³/mol. The number of carbonyl (C=O) groups is 3. The minimum atomic E-state index is -0.982. The van der Waals surface area contributed by atoms with Gasteiger partial charge in [0, 0.05) is 18.3 Å². The minimum absolute atomic E-state index is 0.180. The Bertz CT molecular complexity index is 845. The number of rotatable bonds is 8. The van der Waals surface area contributed by atoms with E-state index in [4.69, 9.17) is 9.47 Å². The number of hydrogen-bond donors (Lipinski definition) is 2. The van der Waals surface area contributed by atoms with Crippen LogP contribution in [0.1, 0.15) is 39.2 Å². The van der Waals surface area contributed by atoms with Gasteiger partial charge in [-0.15, -0.1) is 0 Å². The molecule has 154 valence electrons. The van der Waals surface area contributed by atoms with E-state index in [1.54, 1.807) is 36.4 Å². The van der Waals surface area contributed by atoms with Crippen molar-refractivity contribution in [3.8, 4) is 5.75 Å². The van der Waals surface area contributed by atoms with Crippen LogP contribution in [0, 0.1) is 0 Å². The van der Waals surface area contributed by atoms with Crippen molar-refractivity contribution in [2.24, 2.45) is 0 Å². The molecule has 7 heteroatoms. The van der Waals surface area contributed by atoms with E-state index in [9.17, 15) is 14.4 Å². The average Bonchev–Trinajstić information content (AvgIpc) is 2.67. The van der Waals surface area contributed by atoms with E-state index in [1.165, 1.54) is 19.4 Å². The molecule has 2 aromatic carbocycles. The number of ether oxygens (including phenoxy) is 2. The Hall–Kier alpha value is -3.35. The van der Waals surface area contributed by atoms with Crippen LogP contribution in [0.25, 0.3) is 0 Å². The van der Waals surface area contributed by atoms with Crippen molar-refractivity contribution in [3.63, 3.8) is 0 Å². The van der Waals surface area contributed by atoms with Crippen LogP contribution in [0.4, 0.5) is 11.4 Å². The number of hydrogen-bond acceptors (Lipinski definition) is 5. The van der Waals surface area contributed by atoms with E-state index in [2.05, 4.69) is 24.5 Å². The van der Waals surface area contributed by atoms with Crippen molar-refractivity contribution < 1.29 is 23.9 Å². The number of carbonyl (C=O) groups excluding carboxylic acids is 3. The lowest BCUT2D eigenvalue weighted by molar-refractivity contribution is -0.155. The van der Waals surface area contributed by atoms with E-state index in [1.807, 2.05) is 12.1 Å². The predicted octanol–water partition coefficient (Wildman–Crippen LogP) is 3.72. The molecule has 0 bridgehead atoms. The Morgan fingerprint density at radius 3 is 1.93 bits per heavy atom. The molecule has 2 N–H and O–H groups in total. The zero-order chi connectivity index (χ0) is 21.4. The van der Waals surface area contributed by atoms with E-state index in [0.717, 1.165) is 0 Å². The summed E-state index contributed by atoms with van der Waals surface area (Å²) >= 11 is 0. The van der Waals surface area contributed by atoms with Gasteiger partial charge in [-0.25, -0.2) is 4.79 Å². The fourth-order valence-electron chi connectivity index (χ4n) is 2.46. The van der Waals surface area contributed by atoms with Gasteiger partial charge in [0.15, 0.2) is 12.7 Å². The smallest absolute Gasteiger partial charge is 0.344 e. The zero-order valence-electron chi connectivity index (χ0n) is 17.0. The number of amides is 2. The number of benzene rings is 2. The topological polar surface area (TPSA) is 93.7 Å². The van der Waals surface area contributed by atoms with E-state index >= 15 is 0 Å². The fourth-order valence-corrected chi connectivity index (χ4v) is 2.46. The van der Waals surface area contributed by atoms with Gasteiger partial charge in [-0.05, 0) is 54.8 Å². The molecule has 0 aliphatic rings. The van der Waals surface area contributed by atoms with Crippen molar-refractivity contribution >= 4 is 29.2 Å². The average molecular weight is 398 g/mol. The Labute approximate surface area is 170 Å². The highest BCUT2D eigenvalue weighted by Gasteiger charge is 2.18. The lowest BCUT2D eigenvalue weighted by Crippen LogP contribution is -2.31. The molecule has 0 unspecified atom stereocenters. The molecule has 0 saturated heterocycles. The molecule has 0 aromatic heterocycles. The Morgan fingerprint density at radius 2 is 1.41 bits per heavy atom. The lowest BCUT2D eigenvalue weighted by atomic mass is 10.0. The summed E-state index contributed by atoms with van der Waals surface area (Å²) in [4.78, 5) is 35.1. The molecule has 2 rings (SSSR count). The van der Waals surface area contributed by atoms with Crippen molar-refractivity contribution in [3.05, 3.63) is 54.1 Å². The van der Waals surface area contributed by atoms with E-state index in [-0.39, 0.29) is 12.5 Å². The molecular formula is C22H26N2O5. The van der Waals surface area contributed by atoms with Gasteiger partial charge in [0.1, 0.15) is 5.75 Å². The zero-order valence-corrected chi connectivity index (χ0v) is 17.0. The Morgan fingerprint density at radius 1 is 0.862 bits per heavy atom. The van der Waals surface area contributed by atoms with Crippen LogP contribution in [0.15, 0.2) is 48.5 Å². The molecular weight excluding hydrogens is 372 g/mol. The first-order valence-electron chi connectivity index (χ1n) is 9.35. The summed E-state index contributed by atoms with van der Waals surface area (Å²) in [5.74, 6) is -0.313. The van der Waals surface area contributed by atoms with Gasteiger partial charge in [-0.2, -0.15) is 0 Å². The molecule has 2 aromatic rings. The van der Waals surface area contributed by atoms with Crippen molar-refractivity contribution in [2.45, 2.75) is 39.7 Å². The van der Waals surface area contributed by atoms with Crippen LogP contribution >= 0.6 is 0 Å². The maximum atomic E-state index is 12.2. The number of esters is 1. The molecule has 7 nitrogen and oxygen atoms in total. The largest absolute Gasteiger partial charge is 0.482 e. The van der Waals surface area contributed by atoms with Crippen LogP contribution in [0.5, 0.6) is 5.75 Å². The van der Waals surface area contributed by atoms with Gasteiger partial charge in [0.25, 0.3) is 5.91 Å². The van der Waals surface area contributed by atoms with Gasteiger partial charge in [-0.3, -0.25) is 9.59 Å². The molecule has 0 radical (unpaired) electrons. The molecule has 0 spiro atoms. The first-order chi connectivity index (χ1) is 13.7. The highest BCUT2D eigenvalue weighted by molar-refractivity contribution is 5.95. The highest BCUT2D eigenvalue weighted by atomic mass is 16.6. The summed E-state index contributed by atoms with van der Waals surface area (Å²) < 4.78 is 10.5. The minimum Gasteiger partial charge on any atom is -0.482 e. The Balaban J connectivity index is 1.79. The summed E-state index contributed by atoms with van der Waals surface area (Å²) in [7, 11) is 0. The maximum absolute atomic E-state index is 12.2. The molecule has 0 aliphatic carbocycles. The molecule has 29 heavy (non-hydrogen) atoms. The molecule has 0 fully saturated rings. The summed E-state index contributed by atoms with van der Waals surface area (Å²) in [6.45, 7) is 6.80. The third-order valence-electron chi connectivity index (χ3n) is 4.05. The molecule has 0 heterocycles. The summed E-state index contributed by atoms with van der Waals surface area (Å²) in [5.41, 5.74) is 2.32.